The Hall–Kier alpha value is -2.63. The molecule has 0 saturated heterocycles. The van der Waals surface area contributed by atoms with Crippen molar-refractivity contribution in [3.63, 3.8) is 0 Å². The van der Waals surface area contributed by atoms with Crippen LogP contribution >= 0.6 is 0 Å². The molecule has 0 amide bonds. The summed E-state index contributed by atoms with van der Waals surface area (Å²) >= 11 is 0. The second-order valence-electron chi connectivity index (χ2n) is 17.1. The van der Waals surface area contributed by atoms with Crippen molar-refractivity contribution in [1.29, 1.82) is 0 Å². The van der Waals surface area contributed by atoms with Gasteiger partial charge in [-0.25, -0.2) is 0 Å². The summed E-state index contributed by atoms with van der Waals surface area (Å²) in [6.45, 7) is 6.53. The van der Waals surface area contributed by atoms with Crippen molar-refractivity contribution in [3.8, 4) is 0 Å². The largest absolute Gasteiger partial charge is 0.462 e. The minimum atomic E-state index is -0.778. The van der Waals surface area contributed by atoms with Gasteiger partial charge in [0.15, 0.2) is 6.10 Å². The van der Waals surface area contributed by atoms with Crippen LogP contribution in [0.25, 0.3) is 0 Å². The Bertz CT molecular complexity index is 1060. The molecule has 0 saturated carbocycles. The number of ether oxygens (including phenoxy) is 3. The molecule has 1 atom stereocenters. The van der Waals surface area contributed by atoms with E-state index in [-0.39, 0.29) is 31.1 Å². The van der Waals surface area contributed by atoms with Crippen molar-refractivity contribution in [1.82, 2.24) is 0 Å². The molecule has 0 aromatic carbocycles. The van der Waals surface area contributed by atoms with Crippen LogP contribution in [0.1, 0.15) is 258 Å². The van der Waals surface area contributed by atoms with E-state index in [1.54, 1.807) is 0 Å². The highest BCUT2D eigenvalue weighted by atomic mass is 16.6. The zero-order valence-electron chi connectivity index (χ0n) is 39.7. The Morgan fingerprint density at radius 3 is 1.02 bits per heavy atom. The predicted octanol–water partition coefficient (Wildman–Crippen LogP) is 16.7. The summed E-state index contributed by atoms with van der Waals surface area (Å²) in [4.78, 5) is 37.9. The normalized spacial score (nSPS) is 12.4. The summed E-state index contributed by atoms with van der Waals surface area (Å²) in [6, 6.07) is 0. The van der Waals surface area contributed by atoms with Gasteiger partial charge in [-0.2, -0.15) is 0 Å². The summed E-state index contributed by atoms with van der Waals surface area (Å²) in [5.41, 5.74) is 0. The van der Waals surface area contributed by atoms with Crippen LogP contribution in [-0.4, -0.2) is 37.2 Å². The summed E-state index contributed by atoms with van der Waals surface area (Å²) in [7, 11) is 0. The van der Waals surface area contributed by atoms with Crippen LogP contribution in [0.15, 0.2) is 48.6 Å². The van der Waals surface area contributed by atoms with Gasteiger partial charge >= 0.3 is 17.9 Å². The monoisotopic (exact) mass is 841 g/mol. The molecule has 0 bridgehead atoms. The van der Waals surface area contributed by atoms with Gasteiger partial charge in [-0.15, -0.1) is 0 Å². The maximum absolute atomic E-state index is 12.8. The number of hydrogen-bond donors (Lipinski definition) is 0. The van der Waals surface area contributed by atoms with Gasteiger partial charge in [0.25, 0.3) is 0 Å². The predicted molar refractivity (Wildman–Crippen MR) is 256 cm³/mol. The van der Waals surface area contributed by atoms with Gasteiger partial charge in [0.05, 0.1) is 0 Å². The topological polar surface area (TPSA) is 78.9 Å². The molecule has 0 aromatic heterocycles. The Morgan fingerprint density at radius 1 is 0.333 bits per heavy atom. The fourth-order valence-electron chi connectivity index (χ4n) is 7.16. The number of carbonyl (C=O) groups is 3. The molecule has 0 fully saturated rings. The number of hydrogen-bond acceptors (Lipinski definition) is 6. The lowest BCUT2D eigenvalue weighted by Gasteiger charge is -2.18. The number of unbranched alkanes of at least 4 members (excludes halogenated alkanes) is 27. The fourth-order valence-corrected chi connectivity index (χ4v) is 7.16. The molecule has 1 unspecified atom stereocenters. The first-order valence-corrected chi connectivity index (χ1v) is 25.6. The number of rotatable bonds is 46. The SMILES string of the molecule is CCC/C=C\C/C=C\CCCCCCCC(=O)OC(COC(=O)CCCCCCCCCCCC)COC(=O)CCCCCCCCCCC/C=C\C/C=C\CCCCC. The van der Waals surface area contributed by atoms with E-state index in [0.29, 0.717) is 19.3 Å². The molecular weight excluding hydrogens is 745 g/mol. The van der Waals surface area contributed by atoms with Gasteiger partial charge in [0.2, 0.25) is 0 Å². The molecule has 0 aliphatic heterocycles. The van der Waals surface area contributed by atoms with Crippen LogP contribution in [-0.2, 0) is 28.6 Å². The highest BCUT2D eigenvalue weighted by Gasteiger charge is 2.19. The first-order chi connectivity index (χ1) is 29.5. The molecule has 0 rings (SSSR count). The van der Waals surface area contributed by atoms with Gasteiger partial charge in [0, 0.05) is 19.3 Å². The van der Waals surface area contributed by atoms with Gasteiger partial charge in [-0.05, 0) is 77.0 Å². The van der Waals surface area contributed by atoms with E-state index in [2.05, 4.69) is 69.4 Å². The molecule has 60 heavy (non-hydrogen) atoms. The average molecular weight is 841 g/mol. The van der Waals surface area contributed by atoms with Crippen molar-refractivity contribution < 1.29 is 28.6 Å². The lowest BCUT2D eigenvalue weighted by Crippen LogP contribution is -2.30. The van der Waals surface area contributed by atoms with Crippen LogP contribution < -0.4 is 0 Å². The highest BCUT2D eigenvalue weighted by molar-refractivity contribution is 5.71. The van der Waals surface area contributed by atoms with Crippen LogP contribution in [0.3, 0.4) is 0 Å². The van der Waals surface area contributed by atoms with E-state index in [9.17, 15) is 14.4 Å². The first-order valence-electron chi connectivity index (χ1n) is 25.6. The van der Waals surface area contributed by atoms with E-state index >= 15 is 0 Å². The van der Waals surface area contributed by atoms with Crippen LogP contribution in [0.4, 0.5) is 0 Å². The molecule has 6 nitrogen and oxygen atoms in total. The minimum absolute atomic E-state index is 0.0783. The maximum atomic E-state index is 12.8. The Balaban J connectivity index is 4.32. The molecule has 348 valence electrons. The van der Waals surface area contributed by atoms with Gasteiger partial charge in [-0.1, -0.05) is 211 Å². The lowest BCUT2D eigenvalue weighted by atomic mass is 10.1. The summed E-state index contributed by atoms with van der Waals surface area (Å²) in [5.74, 6) is -0.893. The van der Waals surface area contributed by atoms with Crippen LogP contribution in [0.5, 0.6) is 0 Å². The Kier molecular flexibility index (Phi) is 46.9. The molecule has 0 aliphatic rings. The molecule has 0 spiro atoms. The molecule has 0 aromatic rings. The van der Waals surface area contributed by atoms with Gasteiger partial charge in [0.1, 0.15) is 13.2 Å². The molecule has 6 heteroatoms. The zero-order chi connectivity index (χ0) is 43.7. The quantitative estimate of drug-likeness (QED) is 0.0263. The summed E-state index contributed by atoms with van der Waals surface area (Å²) < 4.78 is 16.8. The highest BCUT2D eigenvalue weighted by Crippen LogP contribution is 2.15. The minimum Gasteiger partial charge on any atom is -0.462 e. The van der Waals surface area contributed by atoms with Crippen LogP contribution in [0, 0.1) is 0 Å². The maximum Gasteiger partial charge on any atom is 0.306 e. The smallest absolute Gasteiger partial charge is 0.306 e. The van der Waals surface area contributed by atoms with E-state index in [1.165, 1.54) is 122 Å². The summed E-state index contributed by atoms with van der Waals surface area (Å²) in [5, 5.41) is 0. The molecule has 0 N–H and O–H groups in total. The van der Waals surface area contributed by atoms with E-state index in [4.69, 9.17) is 14.2 Å². The number of carbonyl (C=O) groups excluding carboxylic acids is 3. The van der Waals surface area contributed by atoms with Crippen LogP contribution in [0.2, 0.25) is 0 Å². The standard InChI is InChI=1S/C54H96O6/c1-4-7-10-13-16-19-22-24-25-26-27-28-29-31-32-35-38-41-44-47-53(56)59-50-51(49-58-52(55)46-43-40-37-34-21-18-15-12-9-6-3)60-54(57)48-45-42-39-36-33-30-23-20-17-14-11-8-5-2/h11,14,16,19-20,23-25,51H,4-10,12-13,15,17-18,21-22,26-50H2,1-3H3/b14-11-,19-16-,23-20-,25-24-. The van der Waals surface area contributed by atoms with Crippen molar-refractivity contribution in [3.05, 3.63) is 48.6 Å². The van der Waals surface area contributed by atoms with E-state index < -0.39 is 6.10 Å². The Labute approximate surface area is 371 Å². The van der Waals surface area contributed by atoms with Gasteiger partial charge in [-0.3, -0.25) is 14.4 Å². The zero-order valence-corrected chi connectivity index (χ0v) is 39.7. The molecule has 0 aliphatic carbocycles. The van der Waals surface area contributed by atoms with Crippen molar-refractivity contribution >= 4 is 17.9 Å². The molecule has 0 radical (unpaired) electrons. The number of esters is 3. The second kappa shape index (κ2) is 49.0. The molecular formula is C54H96O6. The van der Waals surface area contributed by atoms with Crippen molar-refractivity contribution in [2.24, 2.45) is 0 Å². The fraction of sp³-hybridized carbons (Fsp3) is 0.796. The third kappa shape index (κ3) is 46.4. The first kappa shape index (κ1) is 57.4. The second-order valence-corrected chi connectivity index (χ2v) is 17.1. The third-order valence-corrected chi connectivity index (χ3v) is 11.0. The summed E-state index contributed by atoms with van der Waals surface area (Å²) in [6.07, 6.45) is 58.1. The van der Waals surface area contributed by atoms with Gasteiger partial charge < -0.3 is 14.2 Å². The average Bonchev–Trinajstić information content (AvgIpc) is 3.24. The van der Waals surface area contributed by atoms with E-state index in [0.717, 1.165) is 96.3 Å². The number of allylic oxidation sites excluding steroid dienone is 8. The van der Waals surface area contributed by atoms with E-state index in [1.807, 2.05) is 0 Å². The third-order valence-electron chi connectivity index (χ3n) is 11.0. The molecule has 0 heterocycles. The Morgan fingerprint density at radius 2 is 0.633 bits per heavy atom. The van der Waals surface area contributed by atoms with Crippen molar-refractivity contribution in [2.45, 2.75) is 264 Å². The van der Waals surface area contributed by atoms with Crippen molar-refractivity contribution in [2.75, 3.05) is 13.2 Å². The lowest BCUT2D eigenvalue weighted by molar-refractivity contribution is -0.167.